The van der Waals surface area contributed by atoms with Gasteiger partial charge in [-0.15, -0.1) is 0 Å². The molecule has 0 atom stereocenters. The molecule has 1 heteroatoms. The Morgan fingerprint density at radius 1 is 1.50 bits per heavy atom. The highest BCUT2D eigenvalue weighted by Gasteiger charge is 1.87. The maximum absolute atomic E-state index is 9.90. The molecule has 0 N–H and O–H groups in total. The van der Waals surface area contributed by atoms with E-state index >= 15 is 0 Å². The third-order valence-corrected chi connectivity index (χ3v) is 1.18. The van der Waals surface area contributed by atoms with E-state index in [1.54, 1.807) is 6.92 Å². The monoisotopic (exact) mass is 110 g/mol. The molecule has 0 spiro atoms. The highest BCUT2D eigenvalue weighted by atomic mass is 16.1. The summed E-state index contributed by atoms with van der Waals surface area (Å²) in [6, 6.07) is 0. The Kier molecular flexibility index (Phi) is 2.90. The van der Waals surface area contributed by atoms with Crippen LogP contribution in [0.4, 0.5) is 0 Å². The van der Waals surface area contributed by atoms with Gasteiger partial charge in [0.25, 0.3) is 0 Å². The smallest absolute Gasteiger partial charge is 0.127 e. The first-order valence-corrected chi connectivity index (χ1v) is 2.57. The first-order chi connectivity index (χ1) is 3.72. The Morgan fingerprint density at radius 3 is 2.12 bits per heavy atom. The average molecular weight is 110 g/mol. The summed E-state index contributed by atoms with van der Waals surface area (Å²) in [6.07, 6.45) is 1.89. The van der Waals surface area contributed by atoms with Gasteiger partial charge in [0.2, 0.25) is 0 Å². The predicted octanol–water partition coefficient (Wildman–Crippen LogP) is 1.73. The highest BCUT2D eigenvalue weighted by Crippen LogP contribution is 2.01. The minimum absolute atomic E-state index is 0.688. The largest absolute Gasteiger partial charge is 0.233 e. The van der Waals surface area contributed by atoms with Crippen molar-refractivity contribution in [2.45, 2.75) is 20.8 Å². The van der Waals surface area contributed by atoms with Crippen molar-refractivity contribution in [3.05, 3.63) is 17.2 Å². The number of rotatable bonds is 1. The topological polar surface area (TPSA) is 17.1 Å². The van der Waals surface area contributed by atoms with Crippen LogP contribution in [0.15, 0.2) is 17.2 Å². The van der Waals surface area contributed by atoms with E-state index in [-0.39, 0.29) is 0 Å². The molecule has 0 fully saturated rings. The van der Waals surface area contributed by atoms with E-state index in [2.05, 4.69) is 0 Å². The maximum atomic E-state index is 9.90. The quantitative estimate of drug-likeness (QED) is 0.371. The van der Waals surface area contributed by atoms with Crippen molar-refractivity contribution in [1.82, 2.24) is 0 Å². The van der Waals surface area contributed by atoms with Crippen LogP contribution < -0.4 is 0 Å². The van der Waals surface area contributed by atoms with E-state index in [1.807, 2.05) is 25.9 Å². The number of hydrogen-bond acceptors (Lipinski definition) is 1. The molecule has 0 aromatic carbocycles. The molecule has 0 saturated heterocycles. The standard InChI is InChI=1S/C7H10O/c1-4-6(2)7(3)5-8/h4H,1-3H3/b6-4+. The summed E-state index contributed by atoms with van der Waals surface area (Å²) >= 11 is 0. The van der Waals surface area contributed by atoms with E-state index in [0.29, 0.717) is 5.57 Å². The number of carbonyl (C=O) groups excluding carboxylic acids is 1. The van der Waals surface area contributed by atoms with Crippen LogP contribution in [0.2, 0.25) is 0 Å². The molecule has 0 aromatic rings. The summed E-state index contributed by atoms with van der Waals surface area (Å²) in [5.74, 6) is 1.81. The maximum Gasteiger partial charge on any atom is 0.127 e. The predicted molar refractivity (Wildman–Crippen MR) is 34.3 cm³/mol. The molecule has 0 amide bonds. The summed E-state index contributed by atoms with van der Waals surface area (Å²) in [5, 5.41) is 0. The Balaban J connectivity index is 4.27. The summed E-state index contributed by atoms with van der Waals surface area (Å²) in [5.41, 5.74) is 1.69. The summed E-state index contributed by atoms with van der Waals surface area (Å²) in [4.78, 5) is 9.90. The number of hydrogen-bond donors (Lipinski definition) is 0. The van der Waals surface area contributed by atoms with Crippen molar-refractivity contribution in [2.75, 3.05) is 0 Å². The fourth-order valence-electron chi connectivity index (χ4n) is 0.297. The molecule has 0 aliphatic heterocycles. The van der Waals surface area contributed by atoms with Crippen molar-refractivity contribution in [3.8, 4) is 0 Å². The lowest BCUT2D eigenvalue weighted by atomic mass is 10.1. The van der Waals surface area contributed by atoms with Crippen LogP contribution in [-0.2, 0) is 4.79 Å². The van der Waals surface area contributed by atoms with Gasteiger partial charge in [-0.2, -0.15) is 0 Å². The molecule has 44 valence electrons. The van der Waals surface area contributed by atoms with Crippen molar-refractivity contribution in [2.24, 2.45) is 0 Å². The van der Waals surface area contributed by atoms with Crippen LogP contribution in [0, 0.1) is 0 Å². The fourth-order valence-corrected chi connectivity index (χ4v) is 0.297. The van der Waals surface area contributed by atoms with Crippen LogP contribution >= 0.6 is 0 Å². The van der Waals surface area contributed by atoms with Crippen molar-refractivity contribution < 1.29 is 4.79 Å². The van der Waals surface area contributed by atoms with Gasteiger partial charge < -0.3 is 0 Å². The number of allylic oxidation sites excluding steroid dienone is 3. The lowest BCUT2D eigenvalue weighted by Crippen LogP contribution is -1.76. The van der Waals surface area contributed by atoms with Crippen molar-refractivity contribution >= 4 is 5.94 Å². The van der Waals surface area contributed by atoms with E-state index in [4.69, 9.17) is 0 Å². The van der Waals surface area contributed by atoms with Gasteiger partial charge >= 0.3 is 0 Å². The van der Waals surface area contributed by atoms with Gasteiger partial charge in [0, 0.05) is 5.57 Å². The van der Waals surface area contributed by atoms with Crippen LogP contribution in [0.3, 0.4) is 0 Å². The molecule has 0 radical (unpaired) electrons. The normalized spacial score (nSPS) is 10.6. The summed E-state index contributed by atoms with van der Waals surface area (Å²) in [6.45, 7) is 5.54. The second-order valence-corrected chi connectivity index (χ2v) is 1.70. The Hall–Kier alpha value is -0.810. The molecular formula is C7H10O. The second kappa shape index (κ2) is 3.23. The van der Waals surface area contributed by atoms with E-state index in [1.165, 1.54) is 0 Å². The van der Waals surface area contributed by atoms with Gasteiger partial charge in [-0.3, -0.25) is 0 Å². The molecule has 0 heterocycles. The summed E-state index contributed by atoms with van der Waals surface area (Å²) in [7, 11) is 0. The molecule has 0 saturated carbocycles. The van der Waals surface area contributed by atoms with Crippen molar-refractivity contribution in [3.63, 3.8) is 0 Å². The summed E-state index contributed by atoms with van der Waals surface area (Å²) < 4.78 is 0. The Labute approximate surface area is 49.7 Å². The lowest BCUT2D eigenvalue weighted by molar-refractivity contribution is 0.567. The van der Waals surface area contributed by atoms with E-state index in [9.17, 15) is 4.79 Å². The first-order valence-electron chi connectivity index (χ1n) is 2.57. The Morgan fingerprint density at radius 2 is 2.00 bits per heavy atom. The lowest BCUT2D eigenvalue weighted by Gasteiger charge is -1.89. The van der Waals surface area contributed by atoms with Gasteiger partial charge in [0.1, 0.15) is 5.94 Å². The van der Waals surface area contributed by atoms with Gasteiger partial charge in [0.15, 0.2) is 0 Å². The minimum atomic E-state index is 0.688. The Bertz CT molecular complexity index is 148. The van der Waals surface area contributed by atoms with Gasteiger partial charge in [-0.05, 0) is 26.3 Å². The third kappa shape index (κ3) is 1.76. The third-order valence-electron chi connectivity index (χ3n) is 1.18. The van der Waals surface area contributed by atoms with Crippen LogP contribution in [0.1, 0.15) is 20.8 Å². The van der Waals surface area contributed by atoms with Gasteiger partial charge in [-0.1, -0.05) is 6.08 Å². The molecule has 0 unspecified atom stereocenters. The van der Waals surface area contributed by atoms with E-state index < -0.39 is 0 Å². The van der Waals surface area contributed by atoms with Crippen molar-refractivity contribution in [1.29, 1.82) is 0 Å². The fraction of sp³-hybridized carbons (Fsp3) is 0.429. The zero-order chi connectivity index (χ0) is 6.57. The SMILES string of the molecule is C/C=C(\C)C(C)=C=O. The van der Waals surface area contributed by atoms with E-state index in [0.717, 1.165) is 5.57 Å². The molecule has 0 aromatic heterocycles. The van der Waals surface area contributed by atoms with Crippen LogP contribution in [0.5, 0.6) is 0 Å². The zero-order valence-electron chi connectivity index (χ0n) is 5.49. The van der Waals surface area contributed by atoms with Crippen LogP contribution in [0.25, 0.3) is 0 Å². The second-order valence-electron chi connectivity index (χ2n) is 1.70. The molecule has 1 nitrogen and oxygen atoms in total. The highest BCUT2D eigenvalue weighted by molar-refractivity contribution is 5.58. The molecule has 0 aliphatic rings. The molecular weight excluding hydrogens is 100 g/mol. The van der Waals surface area contributed by atoms with Crippen LogP contribution in [-0.4, -0.2) is 5.94 Å². The molecule has 0 aliphatic carbocycles. The molecule has 8 heavy (non-hydrogen) atoms. The first kappa shape index (κ1) is 7.19. The van der Waals surface area contributed by atoms with Gasteiger partial charge in [-0.25, -0.2) is 4.79 Å². The molecule has 0 bridgehead atoms. The van der Waals surface area contributed by atoms with Gasteiger partial charge in [0.05, 0.1) is 0 Å². The minimum Gasteiger partial charge on any atom is -0.233 e. The zero-order valence-corrected chi connectivity index (χ0v) is 5.49. The average Bonchev–Trinajstić information content (AvgIpc) is 1.84. The molecule has 0 rings (SSSR count).